The van der Waals surface area contributed by atoms with Crippen molar-refractivity contribution in [2.45, 2.75) is 18.2 Å². The van der Waals surface area contributed by atoms with E-state index in [1.807, 2.05) is 0 Å². The van der Waals surface area contributed by atoms with Crippen molar-refractivity contribution < 1.29 is 28.2 Å². The van der Waals surface area contributed by atoms with E-state index in [0.717, 1.165) is 0 Å². The summed E-state index contributed by atoms with van der Waals surface area (Å²) in [7, 11) is -3.81. The lowest BCUT2D eigenvalue weighted by molar-refractivity contribution is -0.138. The van der Waals surface area contributed by atoms with Crippen LogP contribution in [0.4, 0.5) is 5.69 Å². The molecule has 22 heavy (non-hydrogen) atoms. The molecule has 4 N–H and O–H groups in total. The molecule has 1 atom stereocenters. The Labute approximate surface area is 128 Å². The van der Waals surface area contributed by atoms with E-state index in [1.165, 1.54) is 31.2 Å². The van der Waals surface area contributed by atoms with E-state index in [-0.39, 0.29) is 23.8 Å². The Morgan fingerprint density at radius 3 is 2.27 bits per heavy atom. The fourth-order valence-corrected chi connectivity index (χ4v) is 2.80. The molecular weight excluding hydrogens is 312 g/mol. The van der Waals surface area contributed by atoms with E-state index in [0.29, 0.717) is 5.69 Å². The summed E-state index contributed by atoms with van der Waals surface area (Å²) in [6.07, 6.45) is -0.333. The number of aliphatic carboxylic acids is 1. The minimum Gasteiger partial charge on any atom is -0.481 e. The molecular formula is C13H18N2O6S. The number of benzene rings is 1. The number of aliphatic hydroxyl groups excluding tert-OH is 1. The van der Waals surface area contributed by atoms with Gasteiger partial charge in [-0.2, -0.15) is 0 Å². The van der Waals surface area contributed by atoms with Gasteiger partial charge in [-0.3, -0.25) is 9.59 Å². The molecule has 9 heteroatoms. The number of carboxylic acid groups (broad SMARTS) is 1. The molecule has 0 saturated carbocycles. The molecule has 1 amide bonds. The molecule has 0 saturated heterocycles. The zero-order valence-corrected chi connectivity index (χ0v) is 12.8. The molecule has 0 aliphatic carbocycles. The summed E-state index contributed by atoms with van der Waals surface area (Å²) in [4.78, 5) is 21.4. The van der Waals surface area contributed by atoms with Crippen LogP contribution in [-0.2, 0) is 19.6 Å². The summed E-state index contributed by atoms with van der Waals surface area (Å²) in [5.41, 5.74) is 0.463. The highest BCUT2D eigenvalue weighted by Gasteiger charge is 2.18. The number of anilines is 1. The van der Waals surface area contributed by atoms with Gasteiger partial charge in [0.25, 0.3) is 0 Å². The molecule has 0 fully saturated rings. The van der Waals surface area contributed by atoms with E-state index >= 15 is 0 Å². The molecule has 122 valence electrons. The Balaban J connectivity index is 2.73. The number of carboxylic acids is 1. The van der Waals surface area contributed by atoms with Crippen LogP contribution < -0.4 is 10.0 Å². The van der Waals surface area contributed by atoms with Gasteiger partial charge < -0.3 is 15.5 Å². The minimum absolute atomic E-state index is 0.0198. The molecule has 1 unspecified atom stereocenters. The van der Waals surface area contributed by atoms with Gasteiger partial charge in [-0.25, -0.2) is 13.1 Å². The maximum absolute atomic E-state index is 12.0. The second-order valence-corrected chi connectivity index (χ2v) is 6.47. The number of hydrogen-bond acceptors (Lipinski definition) is 5. The largest absolute Gasteiger partial charge is 0.481 e. The van der Waals surface area contributed by atoms with Gasteiger partial charge in [0.2, 0.25) is 15.9 Å². The first-order chi connectivity index (χ1) is 10.2. The SMILES string of the molecule is CC(=O)Nc1ccc(S(=O)(=O)NCC(CO)CC(=O)O)cc1. The van der Waals surface area contributed by atoms with Crippen molar-refractivity contribution in [2.75, 3.05) is 18.5 Å². The fourth-order valence-electron chi connectivity index (χ4n) is 1.68. The highest BCUT2D eigenvalue weighted by atomic mass is 32.2. The first kappa shape index (κ1) is 18.1. The van der Waals surface area contributed by atoms with Crippen molar-refractivity contribution in [1.29, 1.82) is 0 Å². The van der Waals surface area contributed by atoms with Crippen LogP contribution in [0.1, 0.15) is 13.3 Å². The third kappa shape index (κ3) is 5.80. The quantitative estimate of drug-likeness (QED) is 0.530. The van der Waals surface area contributed by atoms with Crippen LogP contribution in [0.3, 0.4) is 0 Å². The lowest BCUT2D eigenvalue weighted by Crippen LogP contribution is -2.32. The summed E-state index contributed by atoms with van der Waals surface area (Å²) in [5, 5.41) is 20.2. The maximum atomic E-state index is 12.0. The highest BCUT2D eigenvalue weighted by Crippen LogP contribution is 2.14. The third-order valence-corrected chi connectivity index (χ3v) is 4.21. The van der Waals surface area contributed by atoms with Crippen LogP contribution >= 0.6 is 0 Å². The molecule has 8 nitrogen and oxygen atoms in total. The van der Waals surface area contributed by atoms with E-state index < -0.39 is 28.5 Å². The van der Waals surface area contributed by atoms with E-state index in [2.05, 4.69) is 10.0 Å². The highest BCUT2D eigenvalue weighted by molar-refractivity contribution is 7.89. The van der Waals surface area contributed by atoms with Crippen molar-refractivity contribution in [2.24, 2.45) is 5.92 Å². The van der Waals surface area contributed by atoms with Crippen LogP contribution in [0.25, 0.3) is 0 Å². The molecule has 0 aliphatic heterocycles. The fraction of sp³-hybridized carbons (Fsp3) is 0.385. The summed E-state index contributed by atoms with van der Waals surface area (Å²) >= 11 is 0. The molecule has 0 aliphatic rings. The standard InChI is InChI=1S/C13H18N2O6S/c1-9(17)15-11-2-4-12(5-3-11)22(20,21)14-7-10(8-16)6-13(18)19/h2-5,10,14,16H,6-8H2,1H3,(H,15,17)(H,18,19). The summed E-state index contributed by atoms with van der Waals surface area (Å²) < 4.78 is 26.3. The zero-order valence-electron chi connectivity index (χ0n) is 11.9. The molecule has 1 rings (SSSR count). The van der Waals surface area contributed by atoms with Crippen LogP contribution in [0.2, 0.25) is 0 Å². The first-order valence-electron chi connectivity index (χ1n) is 6.44. The topological polar surface area (TPSA) is 133 Å². The molecule has 1 aromatic carbocycles. The first-order valence-corrected chi connectivity index (χ1v) is 7.93. The number of amides is 1. The predicted octanol–water partition coefficient (Wildman–Crippen LogP) is 0.00650. The molecule has 0 aromatic heterocycles. The van der Waals surface area contributed by atoms with Gasteiger partial charge in [0.1, 0.15) is 0 Å². The average Bonchev–Trinajstić information content (AvgIpc) is 2.43. The Kier molecular flexibility index (Phi) is 6.47. The molecule has 0 bridgehead atoms. The molecule has 0 heterocycles. The second kappa shape index (κ2) is 7.87. The molecule has 0 spiro atoms. The summed E-state index contributed by atoms with van der Waals surface area (Å²) in [5.74, 6) is -2.09. The normalized spacial score (nSPS) is 12.6. The predicted molar refractivity (Wildman–Crippen MR) is 78.8 cm³/mol. The van der Waals surface area contributed by atoms with Crippen LogP contribution in [-0.4, -0.2) is 43.7 Å². The van der Waals surface area contributed by atoms with Gasteiger partial charge in [-0.1, -0.05) is 0 Å². The van der Waals surface area contributed by atoms with Crippen molar-refractivity contribution in [1.82, 2.24) is 4.72 Å². The molecule has 0 radical (unpaired) electrons. The Bertz CT molecular complexity index is 626. The van der Waals surface area contributed by atoms with E-state index in [1.54, 1.807) is 0 Å². The number of nitrogens with one attached hydrogen (secondary N) is 2. The maximum Gasteiger partial charge on any atom is 0.303 e. The lowest BCUT2D eigenvalue weighted by Gasteiger charge is -2.13. The van der Waals surface area contributed by atoms with Gasteiger partial charge in [0.15, 0.2) is 0 Å². The average molecular weight is 330 g/mol. The van der Waals surface area contributed by atoms with Gasteiger partial charge in [0, 0.05) is 31.7 Å². The van der Waals surface area contributed by atoms with Gasteiger partial charge in [-0.05, 0) is 24.3 Å². The summed E-state index contributed by atoms with van der Waals surface area (Å²) in [6, 6.07) is 5.52. The molecule has 1 aromatic rings. The van der Waals surface area contributed by atoms with E-state index in [9.17, 15) is 18.0 Å². The van der Waals surface area contributed by atoms with Crippen molar-refractivity contribution in [3.8, 4) is 0 Å². The number of rotatable bonds is 8. The van der Waals surface area contributed by atoms with Gasteiger partial charge in [-0.15, -0.1) is 0 Å². The zero-order chi connectivity index (χ0) is 16.8. The number of hydrogen-bond donors (Lipinski definition) is 4. The second-order valence-electron chi connectivity index (χ2n) is 4.70. The van der Waals surface area contributed by atoms with Crippen molar-refractivity contribution >= 4 is 27.6 Å². The number of carbonyl (C=O) groups excluding carboxylic acids is 1. The number of sulfonamides is 1. The van der Waals surface area contributed by atoms with Gasteiger partial charge >= 0.3 is 5.97 Å². The van der Waals surface area contributed by atoms with Crippen molar-refractivity contribution in [3.05, 3.63) is 24.3 Å². The monoisotopic (exact) mass is 330 g/mol. The third-order valence-electron chi connectivity index (χ3n) is 2.77. The van der Waals surface area contributed by atoms with Crippen molar-refractivity contribution in [3.63, 3.8) is 0 Å². The Morgan fingerprint density at radius 2 is 1.82 bits per heavy atom. The number of carbonyl (C=O) groups is 2. The van der Waals surface area contributed by atoms with E-state index in [4.69, 9.17) is 10.2 Å². The Morgan fingerprint density at radius 1 is 1.23 bits per heavy atom. The summed E-state index contributed by atoms with van der Waals surface area (Å²) in [6.45, 7) is 0.721. The van der Waals surface area contributed by atoms with Gasteiger partial charge in [0.05, 0.1) is 11.3 Å². The van der Waals surface area contributed by atoms with Crippen LogP contribution in [0.5, 0.6) is 0 Å². The van der Waals surface area contributed by atoms with Crippen LogP contribution in [0.15, 0.2) is 29.2 Å². The Hall–Kier alpha value is -1.97. The minimum atomic E-state index is -3.81. The van der Waals surface area contributed by atoms with Crippen LogP contribution in [0, 0.1) is 5.92 Å². The smallest absolute Gasteiger partial charge is 0.303 e. The number of aliphatic hydroxyl groups is 1. The lowest BCUT2D eigenvalue weighted by atomic mass is 10.1.